The highest BCUT2D eigenvalue weighted by atomic mass is 16.2. The monoisotopic (exact) mass is 257 g/mol. The highest BCUT2D eigenvalue weighted by molar-refractivity contribution is 5.95. The highest BCUT2D eigenvalue weighted by Gasteiger charge is 2.27. The molecule has 1 aromatic carbocycles. The molecule has 0 saturated carbocycles. The summed E-state index contributed by atoms with van der Waals surface area (Å²) in [7, 11) is 0. The fourth-order valence-electron chi connectivity index (χ4n) is 2.56. The lowest BCUT2D eigenvalue weighted by Gasteiger charge is -2.23. The van der Waals surface area contributed by atoms with E-state index < -0.39 is 0 Å². The summed E-state index contributed by atoms with van der Waals surface area (Å²) in [5.74, 6) is 5.53. The Labute approximate surface area is 114 Å². The zero-order valence-corrected chi connectivity index (χ0v) is 11.2. The van der Waals surface area contributed by atoms with Crippen LogP contribution < -0.4 is 0 Å². The van der Waals surface area contributed by atoms with Gasteiger partial charge in [-0.15, -0.1) is 0 Å². The zero-order chi connectivity index (χ0) is 13.7. The molecule has 0 aliphatic carbocycles. The van der Waals surface area contributed by atoms with Gasteiger partial charge in [-0.25, -0.2) is 0 Å². The van der Waals surface area contributed by atoms with Crippen molar-refractivity contribution in [3.8, 4) is 11.8 Å². The summed E-state index contributed by atoms with van der Waals surface area (Å²) in [6, 6.07) is 7.69. The largest absolute Gasteiger partial charge is 0.384 e. The summed E-state index contributed by atoms with van der Waals surface area (Å²) in [6.07, 6.45) is 3.20. The molecule has 1 heterocycles. The van der Waals surface area contributed by atoms with Crippen molar-refractivity contribution in [2.75, 3.05) is 13.2 Å². The summed E-state index contributed by atoms with van der Waals surface area (Å²) in [5.41, 5.74) is 1.46. The molecule has 3 nitrogen and oxygen atoms in total. The topological polar surface area (TPSA) is 40.5 Å². The molecular formula is C16H19NO2. The Bertz CT molecular complexity index is 513. The van der Waals surface area contributed by atoms with Crippen molar-refractivity contribution in [2.45, 2.75) is 32.2 Å². The molecule has 1 unspecified atom stereocenters. The number of carbonyl (C=O) groups excluding carboxylic acids is 1. The van der Waals surface area contributed by atoms with Crippen LogP contribution in [-0.2, 0) is 0 Å². The van der Waals surface area contributed by atoms with Gasteiger partial charge < -0.3 is 10.0 Å². The van der Waals surface area contributed by atoms with Gasteiger partial charge in [-0.3, -0.25) is 4.79 Å². The van der Waals surface area contributed by atoms with Crippen LogP contribution in [0.15, 0.2) is 24.3 Å². The summed E-state index contributed by atoms with van der Waals surface area (Å²) in [5, 5.41) is 8.70. The number of hydrogen-bond donors (Lipinski definition) is 1. The first-order valence-corrected chi connectivity index (χ1v) is 6.77. The predicted molar refractivity (Wildman–Crippen MR) is 74.8 cm³/mol. The Hall–Kier alpha value is -1.79. The fraction of sp³-hybridized carbons (Fsp3) is 0.438. The number of aliphatic hydroxyl groups is 1. The number of likely N-dealkylation sites (tertiary alicyclic amines) is 1. The van der Waals surface area contributed by atoms with Gasteiger partial charge in [0, 0.05) is 23.7 Å². The van der Waals surface area contributed by atoms with Gasteiger partial charge in [-0.2, -0.15) is 0 Å². The van der Waals surface area contributed by atoms with Crippen molar-refractivity contribution < 1.29 is 9.90 Å². The van der Waals surface area contributed by atoms with Crippen LogP contribution in [0.3, 0.4) is 0 Å². The first-order valence-electron chi connectivity index (χ1n) is 6.77. The Balaban J connectivity index is 2.19. The molecule has 1 aromatic rings. The molecule has 19 heavy (non-hydrogen) atoms. The van der Waals surface area contributed by atoms with Gasteiger partial charge in [0.15, 0.2) is 0 Å². The first kappa shape index (κ1) is 13.6. The molecule has 0 spiro atoms. The fourth-order valence-corrected chi connectivity index (χ4v) is 2.56. The lowest BCUT2D eigenvalue weighted by atomic mass is 10.1. The lowest BCUT2D eigenvalue weighted by Crippen LogP contribution is -2.35. The molecule has 100 valence electrons. The molecule has 1 atom stereocenters. The molecule has 3 heteroatoms. The number of nitrogens with zero attached hydrogens (tertiary/aromatic N) is 1. The normalized spacial score (nSPS) is 18.0. The van der Waals surface area contributed by atoms with Crippen molar-refractivity contribution in [3.05, 3.63) is 35.4 Å². The number of benzene rings is 1. The quantitative estimate of drug-likeness (QED) is 0.824. The van der Waals surface area contributed by atoms with Crippen LogP contribution in [0.1, 0.15) is 42.1 Å². The number of carbonyl (C=O) groups is 1. The number of rotatable bonds is 2. The van der Waals surface area contributed by atoms with Crippen molar-refractivity contribution in [1.29, 1.82) is 0 Å². The zero-order valence-electron chi connectivity index (χ0n) is 11.2. The van der Waals surface area contributed by atoms with E-state index in [1.807, 2.05) is 23.1 Å². The molecule has 0 bridgehead atoms. The third kappa shape index (κ3) is 3.15. The van der Waals surface area contributed by atoms with Gasteiger partial charge in [0.25, 0.3) is 5.91 Å². The molecule has 0 aromatic heterocycles. The third-order valence-corrected chi connectivity index (χ3v) is 3.53. The van der Waals surface area contributed by atoms with Gasteiger partial charge in [0.2, 0.25) is 0 Å². The molecular weight excluding hydrogens is 238 g/mol. The van der Waals surface area contributed by atoms with Crippen LogP contribution in [0, 0.1) is 11.8 Å². The Morgan fingerprint density at radius 3 is 3.11 bits per heavy atom. The second-order valence-electron chi connectivity index (χ2n) is 4.74. The van der Waals surface area contributed by atoms with E-state index in [0.29, 0.717) is 11.6 Å². The SMILES string of the molecule is CCC1CCCN1C(=O)c1cccc(C#CCO)c1. The van der Waals surface area contributed by atoms with Gasteiger partial charge in [0.05, 0.1) is 0 Å². The van der Waals surface area contributed by atoms with Crippen molar-refractivity contribution in [2.24, 2.45) is 0 Å². The number of amides is 1. The second-order valence-corrected chi connectivity index (χ2v) is 4.74. The average molecular weight is 257 g/mol. The standard InChI is InChI=1S/C16H19NO2/c1-2-15-9-4-10-17(15)16(19)14-8-3-6-13(12-14)7-5-11-18/h3,6,8,12,15,18H,2,4,9-11H2,1H3. The van der Waals surface area contributed by atoms with Crippen LogP contribution in [-0.4, -0.2) is 35.1 Å². The molecule has 1 aliphatic heterocycles. The van der Waals surface area contributed by atoms with Gasteiger partial charge in [0.1, 0.15) is 6.61 Å². The minimum atomic E-state index is -0.164. The molecule has 0 radical (unpaired) electrons. The Kier molecular flexibility index (Phi) is 4.59. The van der Waals surface area contributed by atoms with Crippen LogP contribution in [0.25, 0.3) is 0 Å². The van der Waals surface area contributed by atoms with E-state index in [1.54, 1.807) is 6.07 Å². The van der Waals surface area contributed by atoms with E-state index in [1.165, 1.54) is 0 Å². The summed E-state index contributed by atoms with van der Waals surface area (Å²) < 4.78 is 0. The average Bonchev–Trinajstić information content (AvgIpc) is 2.93. The third-order valence-electron chi connectivity index (χ3n) is 3.53. The Morgan fingerprint density at radius 2 is 2.37 bits per heavy atom. The van der Waals surface area contributed by atoms with E-state index in [0.717, 1.165) is 31.4 Å². The first-order chi connectivity index (χ1) is 9.26. The molecule has 1 aliphatic rings. The predicted octanol–water partition coefficient (Wildman–Crippen LogP) is 2.04. The maximum atomic E-state index is 12.5. The van der Waals surface area contributed by atoms with Crippen LogP contribution in [0.5, 0.6) is 0 Å². The van der Waals surface area contributed by atoms with Gasteiger partial charge in [-0.1, -0.05) is 24.8 Å². The van der Waals surface area contributed by atoms with Gasteiger partial charge >= 0.3 is 0 Å². The molecule has 2 rings (SSSR count). The minimum absolute atomic E-state index is 0.0944. The highest BCUT2D eigenvalue weighted by Crippen LogP contribution is 2.22. The van der Waals surface area contributed by atoms with Crippen molar-refractivity contribution >= 4 is 5.91 Å². The van der Waals surface area contributed by atoms with Crippen LogP contribution >= 0.6 is 0 Å². The van der Waals surface area contributed by atoms with Gasteiger partial charge in [-0.05, 0) is 37.5 Å². The van der Waals surface area contributed by atoms with E-state index in [2.05, 4.69) is 18.8 Å². The number of aliphatic hydroxyl groups excluding tert-OH is 1. The Morgan fingerprint density at radius 1 is 1.53 bits per heavy atom. The maximum absolute atomic E-state index is 12.5. The van der Waals surface area contributed by atoms with E-state index in [4.69, 9.17) is 5.11 Å². The molecule has 1 amide bonds. The van der Waals surface area contributed by atoms with Crippen molar-refractivity contribution in [3.63, 3.8) is 0 Å². The van der Waals surface area contributed by atoms with Crippen LogP contribution in [0.2, 0.25) is 0 Å². The smallest absolute Gasteiger partial charge is 0.254 e. The number of hydrogen-bond acceptors (Lipinski definition) is 2. The minimum Gasteiger partial charge on any atom is -0.384 e. The molecule has 1 N–H and O–H groups in total. The second kappa shape index (κ2) is 6.40. The van der Waals surface area contributed by atoms with E-state index >= 15 is 0 Å². The van der Waals surface area contributed by atoms with Crippen molar-refractivity contribution in [1.82, 2.24) is 4.90 Å². The van der Waals surface area contributed by atoms with E-state index in [-0.39, 0.29) is 12.5 Å². The molecule has 1 fully saturated rings. The molecule has 1 saturated heterocycles. The lowest BCUT2D eigenvalue weighted by molar-refractivity contribution is 0.0733. The van der Waals surface area contributed by atoms with E-state index in [9.17, 15) is 4.79 Å². The summed E-state index contributed by atoms with van der Waals surface area (Å²) in [4.78, 5) is 14.4. The summed E-state index contributed by atoms with van der Waals surface area (Å²) in [6.45, 7) is 2.81. The summed E-state index contributed by atoms with van der Waals surface area (Å²) >= 11 is 0. The van der Waals surface area contributed by atoms with Crippen LogP contribution in [0.4, 0.5) is 0 Å². The maximum Gasteiger partial charge on any atom is 0.254 e.